The molecular weight excluding hydrogens is 703 g/mol. The zero-order valence-electron chi connectivity index (χ0n) is 31.8. The second kappa shape index (κ2) is 14.8. The lowest BCUT2D eigenvalue weighted by Crippen LogP contribution is -2.28. The van der Waals surface area contributed by atoms with Crippen molar-refractivity contribution in [2.75, 3.05) is 0 Å². The van der Waals surface area contributed by atoms with Crippen LogP contribution in [-0.2, 0) is 5.41 Å². The summed E-state index contributed by atoms with van der Waals surface area (Å²) in [6, 6.07) is 75.0. The van der Waals surface area contributed by atoms with Gasteiger partial charge in [-0.05, 0) is 91.5 Å². The molecule has 0 atom stereocenters. The van der Waals surface area contributed by atoms with Crippen LogP contribution in [0.15, 0.2) is 222 Å². The molecule has 3 nitrogen and oxygen atoms in total. The van der Waals surface area contributed by atoms with E-state index in [4.69, 9.17) is 9.98 Å². The molecule has 0 aromatic heterocycles. The number of hydrogen-bond donors (Lipinski definition) is 0. The number of hydrogen-bond acceptors (Lipinski definition) is 3. The Balaban J connectivity index is 1.09. The Hall–Kier alpha value is -7.67. The molecule has 0 radical (unpaired) electrons. The number of aliphatic imine (C=N–C) groups is 2. The highest BCUT2D eigenvalue weighted by molar-refractivity contribution is 6.15. The van der Waals surface area contributed by atoms with Gasteiger partial charge in [0.2, 0.25) is 0 Å². The third-order valence-electron chi connectivity index (χ3n) is 11.5. The maximum Gasteiger partial charge on any atom is 0.160 e. The number of fused-ring (bicyclic) bond motifs is 3. The van der Waals surface area contributed by atoms with E-state index in [9.17, 15) is 5.26 Å². The molecule has 8 aromatic carbocycles. The van der Waals surface area contributed by atoms with Crippen LogP contribution in [0, 0.1) is 11.3 Å². The zero-order valence-corrected chi connectivity index (χ0v) is 31.8. The highest BCUT2D eigenvalue weighted by atomic mass is 14.9. The molecule has 1 heterocycles. The molecule has 0 unspecified atom stereocenters. The SMILES string of the molecule is N#Cc1ccc2c(c1)-c1ccc(-c3cccc(C4=CCC(c5cccc(-c6ccccc6)c5)=NC(c5ccccc5)=N4)c3)cc1C2(c1ccccc1)c1ccccc1. The summed E-state index contributed by atoms with van der Waals surface area (Å²) in [5.41, 5.74) is 16.6. The van der Waals surface area contributed by atoms with Gasteiger partial charge >= 0.3 is 0 Å². The number of nitrogens with zero attached hydrogens (tertiary/aromatic N) is 3. The predicted octanol–water partition coefficient (Wildman–Crippen LogP) is 12.9. The quantitative estimate of drug-likeness (QED) is 0.161. The van der Waals surface area contributed by atoms with Crippen LogP contribution in [0.2, 0.25) is 0 Å². The molecule has 0 N–H and O–H groups in total. The molecular formula is C55H37N3. The predicted molar refractivity (Wildman–Crippen MR) is 238 cm³/mol. The normalized spacial score (nSPS) is 13.9. The van der Waals surface area contributed by atoms with Gasteiger partial charge in [0.1, 0.15) is 0 Å². The molecule has 272 valence electrons. The van der Waals surface area contributed by atoms with Crippen LogP contribution >= 0.6 is 0 Å². The minimum absolute atomic E-state index is 0.570. The largest absolute Gasteiger partial charge is 0.232 e. The minimum Gasteiger partial charge on any atom is -0.232 e. The van der Waals surface area contributed by atoms with E-state index >= 15 is 0 Å². The molecule has 3 heteroatoms. The average Bonchev–Trinajstić information content (AvgIpc) is 3.41. The number of allylic oxidation sites excluding steroid dienone is 1. The summed E-state index contributed by atoms with van der Waals surface area (Å²) in [5, 5.41) is 9.96. The van der Waals surface area contributed by atoms with Gasteiger partial charge in [-0.15, -0.1) is 0 Å². The summed E-state index contributed by atoms with van der Waals surface area (Å²) in [5.74, 6) is 0.692. The summed E-state index contributed by atoms with van der Waals surface area (Å²) >= 11 is 0. The van der Waals surface area contributed by atoms with E-state index in [1.165, 1.54) is 27.8 Å². The van der Waals surface area contributed by atoms with Gasteiger partial charge in [-0.3, -0.25) is 0 Å². The van der Waals surface area contributed by atoms with Crippen molar-refractivity contribution in [3.8, 4) is 39.4 Å². The fourth-order valence-electron chi connectivity index (χ4n) is 8.74. The van der Waals surface area contributed by atoms with Gasteiger partial charge in [-0.2, -0.15) is 5.26 Å². The highest BCUT2D eigenvalue weighted by Crippen LogP contribution is 2.57. The summed E-state index contributed by atoms with van der Waals surface area (Å²) in [7, 11) is 0. The first-order valence-corrected chi connectivity index (χ1v) is 19.7. The van der Waals surface area contributed by atoms with Gasteiger partial charge in [0, 0.05) is 17.5 Å². The van der Waals surface area contributed by atoms with Gasteiger partial charge < -0.3 is 0 Å². The number of amidine groups is 1. The molecule has 1 aliphatic carbocycles. The Kier molecular flexibility index (Phi) is 8.86. The first kappa shape index (κ1) is 34.8. The number of benzene rings is 8. The molecule has 58 heavy (non-hydrogen) atoms. The number of rotatable bonds is 7. The third kappa shape index (κ3) is 6.09. The molecule has 1 aliphatic heterocycles. The molecule has 0 spiro atoms. The van der Waals surface area contributed by atoms with Crippen LogP contribution in [0.3, 0.4) is 0 Å². The molecule has 0 saturated carbocycles. The second-order valence-corrected chi connectivity index (χ2v) is 14.8. The summed E-state index contributed by atoms with van der Waals surface area (Å²) in [4.78, 5) is 10.5. The molecule has 0 saturated heterocycles. The zero-order chi connectivity index (χ0) is 38.9. The van der Waals surface area contributed by atoms with E-state index in [0.29, 0.717) is 17.8 Å². The smallest absolute Gasteiger partial charge is 0.160 e. The Labute approximate surface area is 339 Å². The summed E-state index contributed by atoms with van der Waals surface area (Å²) in [6.45, 7) is 0. The lowest BCUT2D eigenvalue weighted by Gasteiger charge is -2.34. The Morgan fingerprint density at radius 3 is 1.64 bits per heavy atom. The van der Waals surface area contributed by atoms with Gasteiger partial charge in [0.25, 0.3) is 0 Å². The van der Waals surface area contributed by atoms with Crippen LogP contribution in [0.1, 0.15) is 50.9 Å². The van der Waals surface area contributed by atoms with Crippen molar-refractivity contribution in [3.63, 3.8) is 0 Å². The standard InChI is InChI=1S/C55H37N3/c56-37-38-27-30-50-49(33-38)48-29-28-43(36-51(48)55(50,46-23-9-3-10-24-46)47-25-11-4-12-26-47)42-20-14-22-45(35-42)53-32-31-52(57-54(58-53)40-17-7-2-8-18-40)44-21-13-19-41(34-44)39-15-5-1-6-16-39/h1-30,32-36H,31H2. The summed E-state index contributed by atoms with van der Waals surface area (Å²) in [6.07, 6.45) is 2.85. The van der Waals surface area contributed by atoms with Crippen LogP contribution in [0.4, 0.5) is 0 Å². The Bertz CT molecular complexity index is 2910. The molecule has 2 aliphatic rings. The highest BCUT2D eigenvalue weighted by Gasteiger charge is 2.46. The first-order valence-electron chi connectivity index (χ1n) is 19.7. The van der Waals surface area contributed by atoms with E-state index in [0.717, 1.165) is 55.9 Å². The Morgan fingerprint density at radius 1 is 0.414 bits per heavy atom. The molecule has 0 bridgehead atoms. The lowest BCUT2D eigenvalue weighted by atomic mass is 9.67. The van der Waals surface area contributed by atoms with E-state index in [1.807, 2.05) is 30.3 Å². The van der Waals surface area contributed by atoms with Crippen molar-refractivity contribution in [2.45, 2.75) is 11.8 Å². The van der Waals surface area contributed by atoms with Crippen molar-refractivity contribution in [3.05, 3.63) is 257 Å². The van der Waals surface area contributed by atoms with Crippen molar-refractivity contribution < 1.29 is 0 Å². The van der Waals surface area contributed by atoms with Crippen LogP contribution in [0.5, 0.6) is 0 Å². The monoisotopic (exact) mass is 739 g/mol. The van der Waals surface area contributed by atoms with E-state index in [2.05, 4.69) is 188 Å². The van der Waals surface area contributed by atoms with Crippen LogP contribution in [-0.4, -0.2) is 11.5 Å². The first-order chi connectivity index (χ1) is 28.7. The fraction of sp³-hybridized carbons (Fsp3) is 0.0364. The van der Waals surface area contributed by atoms with Gasteiger partial charge in [-0.1, -0.05) is 182 Å². The maximum absolute atomic E-state index is 9.96. The third-order valence-corrected chi connectivity index (χ3v) is 11.5. The van der Waals surface area contributed by atoms with Crippen LogP contribution in [0.25, 0.3) is 39.1 Å². The van der Waals surface area contributed by atoms with Crippen LogP contribution < -0.4 is 0 Å². The fourth-order valence-corrected chi connectivity index (χ4v) is 8.74. The van der Waals surface area contributed by atoms with Gasteiger partial charge in [0.15, 0.2) is 5.84 Å². The van der Waals surface area contributed by atoms with Gasteiger partial charge in [0.05, 0.1) is 28.5 Å². The van der Waals surface area contributed by atoms with Crippen molar-refractivity contribution in [1.82, 2.24) is 0 Å². The van der Waals surface area contributed by atoms with Crippen molar-refractivity contribution >= 4 is 17.2 Å². The van der Waals surface area contributed by atoms with E-state index in [-0.39, 0.29) is 0 Å². The van der Waals surface area contributed by atoms with E-state index in [1.54, 1.807) is 0 Å². The van der Waals surface area contributed by atoms with Gasteiger partial charge in [-0.25, -0.2) is 9.98 Å². The number of nitriles is 1. The summed E-state index contributed by atoms with van der Waals surface area (Å²) < 4.78 is 0. The Morgan fingerprint density at radius 2 is 0.966 bits per heavy atom. The molecule has 0 fully saturated rings. The lowest BCUT2D eigenvalue weighted by molar-refractivity contribution is 0.768. The average molecular weight is 740 g/mol. The minimum atomic E-state index is -0.570. The molecule has 10 rings (SSSR count). The van der Waals surface area contributed by atoms with E-state index < -0.39 is 5.41 Å². The topological polar surface area (TPSA) is 48.5 Å². The van der Waals surface area contributed by atoms with Crippen molar-refractivity contribution in [2.24, 2.45) is 9.98 Å². The van der Waals surface area contributed by atoms with Crippen molar-refractivity contribution in [1.29, 1.82) is 5.26 Å². The maximum atomic E-state index is 9.96. The molecule has 8 aromatic rings. The second-order valence-electron chi connectivity index (χ2n) is 14.8. The molecule has 0 amide bonds.